The van der Waals surface area contributed by atoms with Gasteiger partial charge in [-0.2, -0.15) is 16.4 Å². The van der Waals surface area contributed by atoms with Crippen LogP contribution in [0.1, 0.15) is 15.9 Å². The average molecular weight is 473 g/mol. The first-order valence-electron chi connectivity index (χ1n) is 9.92. The highest BCUT2D eigenvalue weighted by Crippen LogP contribution is 2.30. The number of hydrogen-bond acceptors (Lipinski definition) is 7. The fourth-order valence-electron chi connectivity index (χ4n) is 3.34. The summed E-state index contributed by atoms with van der Waals surface area (Å²) in [6.07, 6.45) is 1.75. The Labute approximate surface area is 194 Å². The average Bonchev–Trinajstić information content (AvgIpc) is 3.35. The van der Waals surface area contributed by atoms with Crippen molar-refractivity contribution in [2.24, 2.45) is 0 Å². The van der Waals surface area contributed by atoms with Gasteiger partial charge in [-0.15, -0.1) is 5.10 Å². The highest BCUT2D eigenvalue weighted by atomic mass is 35.5. The van der Waals surface area contributed by atoms with E-state index in [9.17, 15) is 9.59 Å². The minimum absolute atomic E-state index is 0.129. The molecule has 0 saturated carbocycles. The van der Waals surface area contributed by atoms with Crippen LogP contribution in [0.15, 0.2) is 42.7 Å². The van der Waals surface area contributed by atoms with E-state index in [1.165, 1.54) is 24.2 Å². The first kappa shape index (κ1) is 22.1. The van der Waals surface area contributed by atoms with Crippen LogP contribution in [0.3, 0.4) is 0 Å². The van der Waals surface area contributed by atoms with Crippen LogP contribution in [-0.4, -0.2) is 68.6 Å². The smallest absolute Gasteiger partial charge is 0.259 e. The van der Waals surface area contributed by atoms with Crippen molar-refractivity contribution in [2.75, 3.05) is 37.0 Å². The summed E-state index contributed by atoms with van der Waals surface area (Å²) in [6, 6.07) is 10.3. The maximum Gasteiger partial charge on any atom is 0.259 e. The third-order valence-electron chi connectivity index (χ3n) is 5.04. The van der Waals surface area contributed by atoms with Crippen LogP contribution < -0.4 is 10.1 Å². The number of nitrogens with one attached hydrogen (secondary N) is 1. The number of hydrogen-bond donors (Lipinski definition) is 1. The third kappa shape index (κ3) is 5.03. The van der Waals surface area contributed by atoms with Crippen LogP contribution in [0.5, 0.6) is 5.75 Å². The van der Waals surface area contributed by atoms with E-state index < -0.39 is 0 Å². The van der Waals surface area contributed by atoms with Gasteiger partial charge in [-0.25, -0.2) is 0 Å². The van der Waals surface area contributed by atoms with Crippen molar-refractivity contribution < 1.29 is 14.3 Å². The SMILES string of the molecule is COc1cc(-n2cnnn2)c(Cl)cc1C(=O)Nc1ccc(CC(=O)N2CCSCC2)cc1. The molecule has 0 atom stereocenters. The van der Waals surface area contributed by atoms with E-state index in [0.717, 1.165) is 30.2 Å². The van der Waals surface area contributed by atoms with Crippen molar-refractivity contribution in [3.05, 3.63) is 58.9 Å². The summed E-state index contributed by atoms with van der Waals surface area (Å²) in [7, 11) is 1.47. The maximum absolute atomic E-state index is 12.9. The molecule has 4 rings (SSSR count). The van der Waals surface area contributed by atoms with Crippen molar-refractivity contribution in [3.63, 3.8) is 0 Å². The maximum atomic E-state index is 12.9. The van der Waals surface area contributed by atoms with Crippen molar-refractivity contribution >= 4 is 40.9 Å². The number of halogens is 1. The van der Waals surface area contributed by atoms with Gasteiger partial charge < -0.3 is 15.0 Å². The number of carbonyl (C=O) groups excluding carboxylic acids is 2. The molecule has 2 amide bonds. The number of methoxy groups -OCH3 is 1. The first-order valence-corrected chi connectivity index (χ1v) is 11.4. The van der Waals surface area contributed by atoms with Gasteiger partial charge in [0, 0.05) is 36.3 Å². The Bertz CT molecular complexity index is 1100. The van der Waals surface area contributed by atoms with Gasteiger partial charge in [0.2, 0.25) is 5.91 Å². The largest absolute Gasteiger partial charge is 0.496 e. The lowest BCUT2D eigenvalue weighted by Gasteiger charge is -2.26. The molecule has 3 aromatic rings. The molecule has 166 valence electrons. The summed E-state index contributed by atoms with van der Waals surface area (Å²) >= 11 is 8.21. The zero-order valence-corrected chi connectivity index (χ0v) is 18.9. The number of ether oxygens (including phenoxy) is 1. The van der Waals surface area contributed by atoms with Crippen LogP contribution in [-0.2, 0) is 11.2 Å². The molecule has 0 bridgehead atoms. The molecule has 0 unspecified atom stereocenters. The molecule has 2 heterocycles. The fraction of sp³-hybridized carbons (Fsp3) is 0.286. The molecular weight excluding hydrogens is 452 g/mol. The molecule has 1 fully saturated rings. The minimum atomic E-state index is -0.373. The summed E-state index contributed by atoms with van der Waals surface area (Å²) in [5, 5.41) is 14.1. The molecule has 1 saturated heterocycles. The highest BCUT2D eigenvalue weighted by molar-refractivity contribution is 7.99. The minimum Gasteiger partial charge on any atom is -0.496 e. The molecule has 0 spiro atoms. The van der Waals surface area contributed by atoms with Gasteiger partial charge in [-0.3, -0.25) is 9.59 Å². The van der Waals surface area contributed by atoms with Gasteiger partial charge >= 0.3 is 0 Å². The van der Waals surface area contributed by atoms with E-state index in [0.29, 0.717) is 28.6 Å². The fourth-order valence-corrected chi connectivity index (χ4v) is 4.49. The molecule has 0 radical (unpaired) electrons. The van der Waals surface area contributed by atoms with Gasteiger partial charge in [0.05, 0.1) is 29.8 Å². The van der Waals surface area contributed by atoms with Crippen LogP contribution in [0, 0.1) is 0 Å². The second kappa shape index (κ2) is 10.0. The number of benzene rings is 2. The Morgan fingerprint density at radius 2 is 1.94 bits per heavy atom. The number of nitrogens with zero attached hydrogens (tertiary/aromatic N) is 5. The molecular formula is C21H21ClN6O3S. The van der Waals surface area contributed by atoms with E-state index in [-0.39, 0.29) is 17.4 Å². The predicted molar refractivity (Wildman–Crippen MR) is 123 cm³/mol. The van der Waals surface area contributed by atoms with Gasteiger partial charge in [-0.05, 0) is 34.2 Å². The summed E-state index contributed by atoms with van der Waals surface area (Å²) < 4.78 is 6.76. The van der Waals surface area contributed by atoms with E-state index in [1.54, 1.807) is 18.2 Å². The molecule has 9 nitrogen and oxygen atoms in total. The number of anilines is 1. The molecule has 2 aromatic carbocycles. The van der Waals surface area contributed by atoms with E-state index in [2.05, 4.69) is 20.8 Å². The molecule has 1 aliphatic rings. The van der Waals surface area contributed by atoms with Crippen molar-refractivity contribution in [1.29, 1.82) is 0 Å². The first-order chi connectivity index (χ1) is 15.5. The van der Waals surface area contributed by atoms with Crippen molar-refractivity contribution in [1.82, 2.24) is 25.1 Å². The Kier molecular flexibility index (Phi) is 6.91. The third-order valence-corrected chi connectivity index (χ3v) is 6.29. The zero-order chi connectivity index (χ0) is 22.5. The van der Waals surface area contributed by atoms with Gasteiger partial charge in [0.1, 0.15) is 12.1 Å². The molecule has 11 heteroatoms. The summed E-state index contributed by atoms with van der Waals surface area (Å²) in [5.41, 5.74) is 2.27. The summed E-state index contributed by atoms with van der Waals surface area (Å²) in [6.45, 7) is 1.60. The molecule has 32 heavy (non-hydrogen) atoms. The lowest BCUT2D eigenvalue weighted by atomic mass is 10.1. The second-order valence-corrected chi connectivity index (χ2v) is 8.71. The number of rotatable bonds is 6. The number of amides is 2. The van der Waals surface area contributed by atoms with Crippen LogP contribution in [0.4, 0.5) is 5.69 Å². The Morgan fingerprint density at radius 1 is 1.19 bits per heavy atom. The topological polar surface area (TPSA) is 102 Å². The van der Waals surface area contributed by atoms with Crippen LogP contribution >= 0.6 is 23.4 Å². The molecule has 0 aliphatic carbocycles. The summed E-state index contributed by atoms with van der Waals surface area (Å²) in [5.74, 6) is 2.06. The number of aromatic nitrogens is 4. The van der Waals surface area contributed by atoms with Crippen molar-refractivity contribution in [2.45, 2.75) is 6.42 Å². The van der Waals surface area contributed by atoms with Gasteiger partial charge in [0.25, 0.3) is 5.91 Å². The Morgan fingerprint density at radius 3 is 2.59 bits per heavy atom. The lowest BCUT2D eigenvalue weighted by Crippen LogP contribution is -2.38. The summed E-state index contributed by atoms with van der Waals surface area (Å²) in [4.78, 5) is 27.2. The standard InChI is InChI=1S/C21H21ClN6O3S/c1-31-19-12-18(28-13-23-25-26-28)17(22)11-16(19)21(30)24-15-4-2-14(3-5-15)10-20(29)27-6-8-32-9-7-27/h2-5,11-13H,6-10H2,1H3,(H,24,30). The second-order valence-electron chi connectivity index (χ2n) is 7.08. The Hall–Kier alpha value is -3.11. The number of thioether (sulfide) groups is 1. The van der Waals surface area contributed by atoms with E-state index in [4.69, 9.17) is 16.3 Å². The lowest BCUT2D eigenvalue weighted by molar-refractivity contribution is -0.130. The monoisotopic (exact) mass is 472 g/mol. The number of carbonyl (C=O) groups is 2. The zero-order valence-electron chi connectivity index (χ0n) is 17.3. The predicted octanol–water partition coefficient (Wildman–Crippen LogP) is 2.69. The quantitative estimate of drug-likeness (QED) is 0.588. The van der Waals surface area contributed by atoms with Crippen LogP contribution in [0.2, 0.25) is 5.02 Å². The van der Waals surface area contributed by atoms with Crippen LogP contribution in [0.25, 0.3) is 5.69 Å². The Balaban J connectivity index is 1.44. The molecule has 1 aliphatic heterocycles. The van der Waals surface area contributed by atoms with Gasteiger partial charge in [-0.1, -0.05) is 23.7 Å². The van der Waals surface area contributed by atoms with Gasteiger partial charge in [0.15, 0.2) is 0 Å². The number of tetrazole rings is 1. The normalized spacial score (nSPS) is 13.6. The highest BCUT2D eigenvalue weighted by Gasteiger charge is 2.19. The van der Waals surface area contributed by atoms with E-state index in [1.807, 2.05) is 28.8 Å². The van der Waals surface area contributed by atoms with Crippen molar-refractivity contribution in [3.8, 4) is 11.4 Å². The van der Waals surface area contributed by atoms with E-state index >= 15 is 0 Å². The molecule has 1 aromatic heterocycles. The molecule has 1 N–H and O–H groups in total.